The molecule has 0 aromatic carbocycles. The number of hydrogen-bond donors (Lipinski definition) is 1. The molecule has 1 N–H and O–H groups in total. The lowest BCUT2D eigenvalue weighted by atomic mass is 10.0. The minimum atomic E-state index is -0.489. The van der Waals surface area contributed by atoms with Crippen LogP contribution in [-0.2, 0) is 16.1 Å². The Balaban J connectivity index is 1.57. The number of nitrogens with one attached hydrogen (secondary N) is 1. The highest BCUT2D eigenvalue weighted by Crippen LogP contribution is 2.34. The van der Waals surface area contributed by atoms with Gasteiger partial charge in [-0.2, -0.15) is 0 Å². The van der Waals surface area contributed by atoms with Gasteiger partial charge in [0.1, 0.15) is 5.60 Å². The Morgan fingerprint density at radius 3 is 2.71 bits per heavy atom. The number of rotatable bonds is 6. The van der Waals surface area contributed by atoms with Gasteiger partial charge in [0, 0.05) is 37.5 Å². The second kappa shape index (κ2) is 8.78. The summed E-state index contributed by atoms with van der Waals surface area (Å²) in [4.78, 5) is 32.9. The van der Waals surface area contributed by atoms with Crippen molar-refractivity contribution < 1.29 is 14.3 Å². The van der Waals surface area contributed by atoms with Crippen LogP contribution < -0.4 is 10.2 Å². The number of likely N-dealkylation sites (tertiary alicyclic amines) is 1. The zero-order valence-electron chi connectivity index (χ0n) is 17.4. The van der Waals surface area contributed by atoms with Crippen LogP contribution in [0.5, 0.6) is 0 Å². The number of carbonyl (C=O) groups excluding carboxylic acids is 2. The first-order valence-corrected chi connectivity index (χ1v) is 11.1. The number of aromatic nitrogens is 1. The van der Waals surface area contributed by atoms with Gasteiger partial charge in [0.15, 0.2) is 5.13 Å². The second-order valence-corrected chi connectivity index (χ2v) is 9.58. The van der Waals surface area contributed by atoms with Crippen molar-refractivity contribution in [2.45, 2.75) is 84.0 Å². The molecule has 1 unspecified atom stereocenters. The van der Waals surface area contributed by atoms with E-state index in [2.05, 4.69) is 15.6 Å². The lowest BCUT2D eigenvalue weighted by Gasteiger charge is -2.35. The molecule has 1 aliphatic heterocycles. The van der Waals surface area contributed by atoms with E-state index in [9.17, 15) is 9.59 Å². The molecule has 3 rings (SSSR count). The van der Waals surface area contributed by atoms with Gasteiger partial charge in [0.25, 0.3) is 0 Å². The Morgan fingerprint density at radius 1 is 1.32 bits per heavy atom. The van der Waals surface area contributed by atoms with Gasteiger partial charge in [0.2, 0.25) is 5.91 Å². The highest BCUT2D eigenvalue weighted by molar-refractivity contribution is 7.14. The van der Waals surface area contributed by atoms with E-state index >= 15 is 0 Å². The summed E-state index contributed by atoms with van der Waals surface area (Å²) in [6.07, 6.45) is 5.14. The number of carbonyl (C=O) groups is 2. The molecule has 156 valence electrons. The first-order chi connectivity index (χ1) is 13.2. The van der Waals surface area contributed by atoms with Crippen molar-refractivity contribution in [1.29, 1.82) is 0 Å². The predicted molar refractivity (Wildman–Crippen MR) is 111 cm³/mol. The number of amides is 2. The molecule has 2 aliphatic rings. The van der Waals surface area contributed by atoms with E-state index in [0.29, 0.717) is 12.6 Å². The van der Waals surface area contributed by atoms with Gasteiger partial charge < -0.3 is 10.1 Å². The summed E-state index contributed by atoms with van der Waals surface area (Å²) in [6.45, 7) is 9.53. The first-order valence-electron chi connectivity index (χ1n) is 10.2. The summed E-state index contributed by atoms with van der Waals surface area (Å²) < 4.78 is 5.35. The summed E-state index contributed by atoms with van der Waals surface area (Å²) >= 11 is 1.55. The molecule has 2 fully saturated rings. The molecule has 0 bridgehead atoms. The number of alkyl carbamates (subject to hydrolysis) is 1. The third-order valence-electron chi connectivity index (χ3n) is 4.99. The molecule has 1 saturated carbocycles. The monoisotopic (exact) mass is 408 g/mol. The van der Waals surface area contributed by atoms with Crippen molar-refractivity contribution in [3.05, 3.63) is 11.1 Å². The quantitative estimate of drug-likeness (QED) is 0.779. The maximum Gasteiger partial charge on any atom is 0.407 e. The molecule has 0 radical (unpaired) electrons. The smallest absolute Gasteiger partial charge is 0.407 e. The van der Waals surface area contributed by atoms with Crippen LogP contribution in [-0.4, -0.2) is 52.7 Å². The van der Waals surface area contributed by atoms with Gasteiger partial charge in [-0.05, 0) is 53.0 Å². The summed E-state index contributed by atoms with van der Waals surface area (Å²) in [7, 11) is 0. The van der Waals surface area contributed by atoms with Gasteiger partial charge in [-0.15, -0.1) is 11.3 Å². The minimum Gasteiger partial charge on any atom is -0.444 e. The van der Waals surface area contributed by atoms with E-state index in [4.69, 9.17) is 9.72 Å². The topological polar surface area (TPSA) is 74.8 Å². The summed E-state index contributed by atoms with van der Waals surface area (Å²) in [5, 5.41) is 5.78. The largest absolute Gasteiger partial charge is 0.444 e. The molecule has 7 nitrogen and oxygen atoms in total. The number of anilines is 1. The molecular formula is C20H32N4O3S. The number of nitrogens with zero attached hydrogens (tertiary/aromatic N) is 3. The van der Waals surface area contributed by atoms with E-state index in [1.165, 1.54) is 6.42 Å². The number of hydrogen-bond acceptors (Lipinski definition) is 6. The molecule has 1 aromatic heterocycles. The zero-order valence-corrected chi connectivity index (χ0v) is 18.2. The molecule has 8 heteroatoms. The van der Waals surface area contributed by atoms with Crippen molar-refractivity contribution in [2.75, 3.05) is 18.0 Å². The molecule has 1 aromatic rings. The summed E-state index contributed by atoms with van der Waals surface area (Å²) in [5.74, 6) is 0.0702. The van der Waals surface area contributed by atoms with Gasteiger partial charge >= 0.3 is 6.09 Å². The standard InChI is InChI=1S/C20H32N4O3S/c1-14(25)24(16-8-9-16)18-22-15(13-28-18)12-23-10-6-5-7-17(23)11-21-19(26)27-20(2,3)4/h13,16-17H,5-12H2,1-4H3,(H,21,26). The molecule has 2 heterocycles. The van der Waals surface area contributed by atoms with E-state index in [1.807, 2.05) is 25.7 Å². The lowest BCUT2D eigenvalue weighted by molar-refractivity contribution is -0.116. The second-order valence-electron chi connectivity index (χ2n) is 8.74. The number of thiazole rings is 1. The van der Waals surface area contributed by atoms with Crippen LogP contribution in [0.2, 0.25) is 0 Å². The van der Waals surface area contributed by atoms with Crippen molar-refractivity contribution in [1.82, 2.24) is 15.2 Å². The normalized spacial score (nSPS) is 20.6. The number of ether oxygens (including phenoxy) is 1. The van der Waals surface area contributed by atoms with Crippen molar-refractivity contribution in [2.24, 2.45) is 0 Å². The van der Waals surface area contributed by atoms with Crippen molar-refractivity contribution >= 4 is 28.5 Å². The maximum absolute atomic E-state index is 12.0. The summed E-state index contributed by atoms with van der Waals surface area (Å²) in [6, 6.07) is 0.607. The van der Waals surface area contributed by atoms with E-state index < -0.39 is 5.60 Å². The van der Waals surface area contributed by atoms with Crippen LogP contribution in [0.15, 0.2) is 5.38 Å². The summed E-state index contributed by atoms with van der Waals surface area (Å²) in [5.41, 5.74) is 0.508. The average Bonchev–Trinajstić information content (AvgIpc) is 3.31. The Morgan fingerprint density at radius 2 is 2.07 bits per heavy atom. The Labute approximate surface area is 171 Å². The van der Waals surface area contributed by atoms with Crippen molar-refractivity contribution in [3.8, 4) is 0 Å². The van der Waals surface area contributed by atoms with Gasteiger partial charge in [-0.25, -0.2) is 9.78 Å². The van der Waals surface area contributed by atoms with Crippen LogP contribution in [0.1, 0.15) is 65.5 Å². The fraction of sp³-hybridized carbons (Fsp3) is 0.750. The molecule has 28 heavy (non-hydrogen) atoms. The Bertz CT molecular complexity index is 696. The average molecular weight is 409 g/mol. The Kier molecular flexibility index (Phi) is 6.60. The van der Waals surface area contributed by atoms with Gasteiger partial charge in [-0.1, -0.05) is 6.42 Å². The predicted octanol–water partition coefficient (Wildman–Crippen LogP) is 3.54. The molecule has 0 spiro atoms. The lowest BCUT2D eigenvalue weighted by Crippen LogP contribution is -2.47. The third-order valence-corrected chi connectivity index (χ3v) is 5.88. The van der Waals surface area contributed by atoms with Crippen LogP contribution in [0.25, 0.3) is 0 Å². The van der Waals surface area contributed by atoms with Crippen LogP contribution in [0, 0.1) is 0 Å². The van der Waals surface area contributed by atoms with E-state index in [1.54, 1.807) is 18.3 Å². The van der Waals surface area contributed by atoms with Gasteiger partial charge in [-0.3, -0.25) is 14.6 Å². The highest BCUT2D eigenvalue weighted by atomic mass is 32.1. The Hall–Kier alpha value is -1.67. The SMILES string of the molecule is CC(=O)N(c1nc(CN2CCCCC2CNC(=O)OC(C)(C)C)cs1)C1CC1. The number of piperidine rings is 1. The third kappa shape index (κ3) is 5.91. The zero-order chi connectivity index (χ0) is 20.3. The van der Waals surface area contributed by atoms with E-state index in [0.717, 1.165) is 49.6 Å². The molecule has 1 saturated heterocycles. The van der Waals surface area contributed by atoms with E-state index in [-0.39, 0.29) is 18.0 Å². The molecule has 1 aliphatic carbocycles. The first kappa shape index (κ1) is 21.0. The van der Waals surface area contributed by atoms with Crippen LogP contribution in [0.4, 0.5) is 9.93 Å². The van der Waals surface area contributed by atoms with Crippen LogP contribution >= 0.6 is 11.3 Å². The van der Waals surface area contributed by atoms with Crippen molar-refractivity contribution in [3.63, 3.8) is 0 Å². The highest BCUT2D eigenvalue weighted by Gasteiger charge is 2.34. The van der Waals surface area contributed by atoms with Gasteiger partial charge in [0.05, 0.1) is 5.69 Å². The fourth-order valence-electron chi connectivity index (χ4n) is 3.58. The minimum absolute atomic E-state index is 0.0702. The molecule has 2 amide bonds. The fourth-order valence-corrected chi connectivity index (χ4v) is 4.51. The molecular weight excluding hydrogens is 376 g/mol. The maximum atomic E-state index is 12.0. The molecule has 1 atom stereocenters. The van der Waals surface area contributed by atoms with Crippen LogP contribution in [0.3, 0.4) is 0 Å².